The van der Waals surface area contributed by atoms with Crippen LogP contribution < -0.4 is 10.6 Å². The van der Waals surface area contributed by atoms with Crippen molar-refractivity contribution < 1.29 is 9.53 Å². The fraction of sp³-hybridized carbons (Fsp3) is 0.545. The lowest BCUT2D eigenvalue weighted by Crippen LogP contribution is -2.39. The van der Waals surface area contributed by atoms with Crippen LogP contribution in [0.15, 0.2) is 29.3 Å². The highest BCUT2D eigenvalue weighted by molar-refractivity contribution is 5.94. The summed E-state index contributed by atoms with van der Waals surface area (Å²) in [6, 6.07) is 7.74. The zero-order chi connectivity index (χ0) is 22.6. The van der Waals surface area contributed by atoms with Crippen LogP contribution in [-0.4, -0.2) is 71.9 Å². The summed E-state index contributed by atoms with van der Waals surface area (Å²) in [5.74, 6) is 2.39. The van der Waals surface area contributed by atoms with Crippen LogP contribution in [0.2, 0.25) is 0 Å². The second-order valence-electron chi connectivity index (χ2n) is 7.44. The number of aromatic nitrogens is 3. The number of hydrogen-bond acceptors (Lipinski definition) is 5. The van der Waals surface area contributed by atoms with Gasteiger partial charge in [0.1, 0.15) is 12.4 Å². The quantitative estimate of drug-likeness (QED) is 0.319. The van der Waals surface area contributed by atoms with Crippen molar-refractivity contribution in [3.63, 3.8) is 0 Å². The van der Waals surface area contributed by atoms with Gasteiger partial charge in [0.15, 0.2) is 11.8 Å². The standard InChI is InChI=1S/C22H35N7O2/c1-6-31-14-8-12-23-22(25-16-20-27-26-17(2)29(20)5)24-13-11-18-9-7-10-19(15-18)21(30)28(3)4/h7,9-10,15H,6,8,11-14,16H2,1-5H3,(H2,23,24,25). The lowest BCUT2D eigenvalue weighted by Gasteiger charge is -2.14. The second kappa shape index (κ2) is 12.7. The van der Waals surface area contributed by atoms with E-state index in [2.05, 4.69) is 25.8 Å². The van der Waals surface area contributed by atoms with Crippen LogP contribution in [0.3, 0.4) is 0 Å². The summed E-state index contributed by atoms with van der Waals surface area (Å²) in [6.45, 7) is 7.23. The Morgan fingerprint density at radius 3 is 2.68 bits per heavy atom. The lowest BCUT2D eigenvalue weighted by atomic mass is 10.1. The molecule has 1 heterocycles. The van der Waals surface area contributed by atoms with E-state index in [9.17, 15) is 4.79 Å². The SMILES string of the molecule is CCOCCCNC(=NCc1nnc(C)n1C)NCCc1cccc(C(=O)N(C)C)c1. The van der Waals surface area contributed by atoms with Crippen LogP contribution in [0.4, 0.5) is 0 Å². The molecular weight excluding hydrogens is 394 g/mol. The zero-order valence-electron chi connectivity index (χ0n) is 19.3. The van der Waals surface area contributed by atoms with Gasteiger partial charge in [-0.25, -0.2) is 4.99 Å². The summed E-state index contributed by atoms with van der Waals surface area (Å²) in [6.07, 6.45) is 1.67. The Balaban J connectivity index is 1.95. The van der Waals surface area contributed by atoms with E-state index >= 15 is 0 Å². The highest BCUT2D eigenvalue weighted by atomic mass is 16.5. The molecule has 31 heavy (non-hydrogen) atoms. The molecular formula is C22H35N7O2. The van der Waals surface area contributed by atoms with Gasteiger partial charge in [0.2, 0.25) is 0 Å². The van der Waals surface area contributed by atoms with Crippen molar-refractivity contribution >= 4 is 11.9 Å². The molecule has 2 rings (SSSR count). The number of rotatable bonds is 11. The average Bonchev–Trinajstić information content (AvgIpc) is 3.08. The molecule has 0 aliphatic heterocycles. The highest BCUT2D eigenvalue weighted by Gasteiger charge is 2.09. The summed E-state index contributed by atoms with van der Waals surface area (Å²) < 4.78 is 7.33. The molecule has 0 bridgehead atoms. The molecule has 0 aliphatic rings. The second-order valence-corrected chi connectivity index (χ2v) is 7.44. The molecule has 2 aromatic rings. The van der Waals surface area contributed by atoms with E-state index in [4.69, 9.17) is 4.74 Å². The van der Waals surface area contributed by atoms with Gasteiger partial charge in [-0.1, -0.05) is 12.1 Å². The Bertz CT molecular complexity index is 861. The van der Waals surface area contributed by atoms with Crippen molar-refractivity contribution in [1.82, 2.24) is 30.3 Å². The van der Waals surface area contributed by atoms with Crippen LogP contribution in [0, 0.1) is 6.92 Å². The topological polar surface area (TPSA) is 96.7 Å². The van der Waals surface area contributed by atoms with Crippen LogP contribution in [-0.2, 0) is 24.8 Å². The van der Waals surface area contributed by atoms with Crippen molar-refractivity contribution in [2.45, 2.75) is 33.2 Å². The van der Waals surface area contributed by atoms with Crippen molar-refractivity contribution in [1.29, 1.82) is 0 Å². The number of aliphatic imine (C=N–C) groups is 1. The van der Waals surface area contributed by atoms with E-state index in [0.717, 1.165) is 49.2 Å². The summed E-state index contributed by atoms with van der Waals surface area (Å²) in [7, 11) is 5.45. The van der Waals surface area contributed by atoms with Gasteiger partial charge in [-0.2, -0.15) is 0 Å². The summed E-state index contributed by atoms with van der Waals surface area (Å²) in [5, 5.41) is 15.0. The van der Waals surface area contributed by atoms with Crippen LogP contribution in [0.25, 0.3) is 0 Å². The smallest absolute Gasteiger partial charge is 0.253 e. The molecule has 9 heteroatoms. The summed E-state index contributed by atoms with van der Waals surface area (Å²) in [4.78, 5) is 18.4. The molecule has 1 amide bonds. The largest absolute Gasteiger partial charge is 0.382 e. The molecule has 2 N–H and O–H groups in total. The molecule has 0 spiro atoms. The molecule has 170 valence electrons. The minimum absolute atomic E-state index is 0.00648. The Kier molecular flexibility index (Phi) is 9.96. The van der Waals surface area contributed by atoms with Gasteiger partial charge in [0.25, 0.3) is 5.91 Å². The zero-order valence-corrected chi connectivity index (χ0v) is 19.3. The van der Waals surface area contributed by atoms with Gasteiger partial charge >= 0.3 is 0 Å². The van der Waals surface area contributed by atoms with Gasteiger partial charge < -0.3 is 24.8 Å². The number of carbonyl (C=O) groups is 1. The van der Waals surface area contributed by atoms with Crippen molar-refractivity contribution in [2.75, 3.05) is 40.4 Å². The van der Waals surface area contributed by atoms with Gasteiger partial charge in [-0.15, -0.1) is 10.2 Å². The fourth-order valence-corrected chi connectivity index (χ4v) is 2.88. The van der Waals surface area contributed by atoms with Gasteiger partial charge in [0.05, 0.1) is 0 Å². The third-order valence-corrected chi connectivity index (χ3v) is 4.81. The van der Waals surface area contributed by atoms with Crippen LogP contribution in [0.1, 0.15) is 40.9 Å². The van der Waals surface area contributed by atoms with Crippen molar-refractivity contribution in [3.8, 4) is 0 Å². The maximum atomic E-state index is 12.2. The number of nitrogens with one attached hydrogen (secondary N) is 2. The molecule has 0 unspecified atom stereocenters. The number of nitrogens with zero attached hydrogens (tertiary/aromatic N) is 5. The Morgan fingerprint density at radius 1 is 1.23 bits per heavy atom. The molecule has 9 nitrogen and oxygen atoms in total. The van der Waals surface area contributed by atoms with E-state index in [0.29, 0.717) is 25.3 Å². The number of aryl methyl sites for hydroxylation is 1. The average molecular weight is 430 g/mol. The van der Waals surface area contributed by atoms with Gasteiger partial charge in [-0.3, -0.25) is 4.79 Å². The van der Waals surface area contributed by atoms with E-state index in [-0.39, 0.29) is 5.91 Å². The maximum Gasteiger partial charge on any atom is 0.253 e. The minimum Gasteiger partial charge on any atom is -0.382 e. The molecule has 0 fully saturated rings. The van der Waals surface area contributed by atoms with E-state index < -0.39 is 0 Å². The van der Waals surface area contributed by atoms with E-state index in [1.807, 2.05) is 49.7 Å². The first-order chi connectivity index (χ1) is 14.9. The fourth-order valence-electron chi connectivity index (χ4n) is 2.88. The monoisotopic (exact) mass is 429 g/mol. The first-order valence-electron chi connectivity index (χ1n) is 10.7. The Hall–Kier alpha value is -2.94. The number of hydrogen-bond donors (Lipinski definition) is 2. The predicted molar refractivity (Wildman–Crippen MR) is 122 cm³/mol. The van der Waals surface area contributed by atoms with Gasteiger partial charge in [-0.05, 0) is 44.4 Å². The molecule has 1 aromatic carbocycles. The number of ether oxygens (including phenoxy) is 1. The number of carbonyl (C=O) groups excluding carboxylic acids is 1. The number of amides is 1. The normalized spacial score (nSPS) is 11.5. The van der Waals surface area contributed by atoms with Crippen LogP contribution >= 0.6 is 0 Å². The molecule has 0 radical (unpaired) electrons. The molecule has 1 aromatic heterocycles. The highest BCUT2D eigenvalue weighted by Crippen LogP contribution is 2.08. The first kappa shape index (κ1) is 24.3. The number of benzene rings is 1. The maximum absolute atomic E-state index is 12.2. The van der Waals surface area contributed by atoms with Gasteiger partial charge in [0, 0.05) is 53.0 Å². The van der Waals surface area contributed by atoms with E-state index in [1.165, 1.54) is 0 Å². The minimum atomic E-state index is 0.00648. The Labute approximate surface area is 184 Å². The lowest BCUT2D eigenvalue weighted by molar-refractivity contribution is 0.0827. The third kappa shape index (κ3) is 8.01. The molecule has 0 aliphatic carbocycles. The van der Waals surface area contributed by atoms with Crippen molar-refractivity contribution in [2.24, 2.45) is 12.0 Å². The molecule has 0 saturated heterocycles. The predicted octanol–water partition coefficient (Wildman–Crippen LogP) is 1.53. The molecule has 0 saturated carbocycles. The third-order valence-electron chi connectivity index (χ3n) is 4.81. The molecule has 0 atom stereocenters. The number of guanidine groups is 1. The summed E-state index contributed by atoms with van der Waals surface area (Å²) >= 11 is 0. The Morgan fingerprint density at radius 2 is 2.00 bits per heavy atom. The van der Waals surface area contributed by atoms with Crippen LogP contribution in [0.5, 0.6) is 0 Å². The van der Waals surface area contributed by atoms with E-state index in [1.54, 1.807) is 19.0 Å². The first-order valence-corrected chi connectivity index (χ1v) is 10.7. The van der Waals surface area contributed by atoms with Crippen molar-refractivity contribution in [3.05, 3.63) is 47.0 Å². The summed E-state index contributed by atoms with van der Waals surface area (Å²) in [5.41, 5.74) is 1.79.